The van der Waals surface area contributed by atoms with Crippen molar-refractivity contribution < 1.29 is 36.6 Å². The number of carbonyl (C=O) groups is 1. The zero-order valence-electron chi connectivity index (χ0n) is 24.0. The third-order valence-electron chi connectivity index (χ3n) is 7.15. The molecule has 1 atom stereocenters. The van der Waals surface area contributed by atoms with Gasteiger partial charge in [0.15, 0.2) is 18.1 Å². The maximum absolute atomic E-state index is 13.1. The first-order valence-corrected chi connectivity index (χ1v) is 14.3. The van der Waals surface area contributed by atoms with Crippen molar-refractivity contribution in [2.24, 2.45) is 5.92 Å². The van der Waals surface area contributed by atoms with Crippen molar-refractivity contribution in [2.45, 2.75) is 45.2 Å². The van der Waals surface area contributed by atoms with Gasteiger partial charge in [-0.25, -0.2) is 9.18 Å². The largest absolute Gasteiger partial charge is 0.490 e. The summed E-state index contributed by atoms with van der Waals surface area (Å²) in [5.41, 5.74) is 4.07. The summed E-state index contributed by atoms with van der Waals surface area (Å²) in [5.74, 6) is -0.258. The van der Waals surface area contributed by atoms with E-state index in [1.807, 2.05) is 6.07 Å². The van der Waals surface area contributed by atoms with E-state index in [4.69, 9.17) is 14.2 Å². The van der Waals surface area contributed by atoms with Crippen molar-refractivity contribution >= 4 is 11.7 Å². The summed E-state index contributed by atoms with van der Waals surface area (Å²) in [4.78, 5) is 14.3. The minimum absolute atomic E-state index is 0.0649. The third-order valence-corrected chi connectivity index (χ3v) is 7.15. The number of benzene rings is 3. The van der Waals surface area contributed by atoms with Gasteiger partial charge in [0.2, 0.25) is 0 Å². The van der Waals surface area contributed by atoms with Gasteiger partial charge in [-0.05, 0) is 91.6 Å². The molecule has 10 heteroatoms. The minimum atomic E-state index is -4.42. The number of alkyl halides is 3. The van der Waals surface area contributed by atoms with E-state index in [-0.39, 0.29) is 18.1 Å². The number of fused-ring (bicyclic) bond motifs is 1. The minimum Gasteiger partial charge on any atom is -0.490 e. The smallest absolute Gasteiger partial charge is 0.422 e. The molecule has 0 aromatic heterocycles. The lowest BCUT2D eigenvalue weighted by Crippen LogP contribution is -2.24. The topological polar surface area (TPSA) is 71.8 Å². The molecule has 0 amide bonds. The SMILES string of the molecule is C[C@@H](CCCOc1ccccc1OCC(F)(F)F)Cc1cc(C#N)c2c(c1)CCN2CCCOC(=O)c1ccc(F)cc1. The highest BCUT2D eigenvalue weighted by Crippen LogP contribution is 2.34. The van der Waals surface area contributed by atoms with Gasteiger partial charge >= 0.3 is 12.1 Å². The highest BCUT2D eigenvalue weighted by atomic mass is 19.4. The summed E-state index contributed by atoms with van der Waals surface area (Å²) in [6.45, 7) is 2.73. The van der Waals surface area contributed by atoms with Crippen LogP contribution in [0.1, 0.15) is 53.2 Å². The summed E-state index contributed by atoms with van der Waals surface area (Å²) < 4.78 is 66.5. The Morgan fingerprint density at radius 2 is 1.74 bits per heavy atom. The van der Waals surface area contributed by atoms with Crippen molar-refractivity contribution in [1.82, 2.24) is 0 Å². The molecule has 0 unspecified atom stereocenters. The molecule has 1 heterocycles. The summed E-state index contributed by atoms with van der Waals surface area (Å²) in [6, 6.07) is 18.0. The Balaban J connectivity index is 1.23. The molecule has 6 nitrogen and oxygen atoms in total. The lowest BCUT2D eigenvalue weighted by atomic mass is 9.93. The molecular formula is C33H34F4N2O4. The lowest BCUT2D eigenvalue weighted by molar-refractivity contribution is -0.153. The fourth-order valence-corrected chi connectivity index (χ4v) is 5.17. The van der Waals surface area contributed by atoms with Crippen molar-refractivity contribution in [2.75, 3.05) is 37.8 Å². The van der Waals surface area contributed by atoms with Crippen molar-refractivity contribution in [3.8, 4) is 17.6 Å². The van der Waals surface area contributed by atoms with Crippen LogP contribution in [0.5, 0.6) is 11.5 Å². The van der Waals surface area contributed by atoms with Crippen LogP contribution in [-0.2, 0) is 17.6 Å². The van der Waals surface area contributed by atoms with E-state index in [1.165, 1.54) is 30.3 Å². The Bertz CT molecular complexity index is 1420. The van der Waals surface area contributed by atoms with Crippen LogP contribution < -0.4 is 14.4 Å². The van der Waals surface area contributed by atoms with E-state index in [1.54, 1.807) is 18.2 Å². The average molecular weight is 599 g/mol. The number of rotatable bonds is 14. The number of hydrogen-bond acceptors (Lipinski definition) is 6. The van der Waals surface area contributed by atoms with E-state index in [9.17, 15) is 27.6 Å². The predicted octanol–water partition coefficient (Wildman–Crippen LogP) is 7.29. The van der Waals surface area contributed by atoms with Gasteiger partial charge in [-0.15, -0.1) is 0 Å². The second-order valence-electron chi connectivity index (χ2n) is 10.6. The second-order valence-corrected chi connectivity index (χ2v) is 10.6. The number of anilines is 1. The van der Waals surface area contributed by atoms with Crippen LogP contribution in [-0.4, -0.2) is 45.1 Å². The molecule has 1 aliphatic rings. The number of nitriles is 1. The number of carbonyl (C=O) groups excluding carboxylic acids is 1. The summed E-state index contributed by atoms with van der Waals surface area (Å²) >= 11 is 0. The van der Waals surface area contributed by atoms with Gasteiger partial charge in [-0.1, -0.05) is 25.1 Å². The van der Waals surface area contributed by atoms with Crippen LogP contribution in [0.4, 0.5) is 23.2 Å². The van der Waals surface area contributed by atoms with Crippen LogP contribution in [0.2, 0.25) is 0 Å². The Labute approximate surface area is 248 Å². The molecule has 0 fully saturated rings. The molecule has 0 bridgehead atoms. The molecule has 0 saturated carbocycles. The van der Waals surface area contributed by atoms with E-state index < -0.39 is 24.6 Å². The maximum atomic E-state index is 13.1. The van der Waals surface area contributed by atoms with Gasteiger partial charge < -0.3 is 19.1 Å². The second kappa shape index (κ2) is 14.8. The molecule has 43 heavy (non-hydrogen) atoms. The Kier molecular flexibility index (Phi) is 10.9. The molecular weight excluding hydrogens is 564 g/mol. The van der Waals surface area contributed by atoms with Crippen LogP contribution >= 0.6 is 0 Å². The van der Waals surface area contributed by atoms with E-state index in [2.05, 4.69) is 24.0 Å². The molecule has 3 aromatic carbocycles. The number of hydrogen-bond donors (Lipinski definition) is 0. The first kappa shape index (κ1) is 31.7. The molecule has 4 rings (SSSR count). The van der Waals surface area contributed by atoms with Crippen LogP contribution in [0, 0.1) is 23.1 Å². The van der Waals surface area contributed by atoms with Gasteiger partial charge in [-0.3, -0.25) is 0 Å². The normalized spacial score (nSPS) is 13.3. The van der Waals surface area contributed by atoms with Crippen LogP contribution in [0.3, 0.4) is 0 Å². The number of esters is 1. The highest BCUT2D eigenvalue weighted by Gasteiger charge is 2.29. The van der Waals surface area contributed by atoms with Gasteiger partial charge in [0.25, 0.3) is 0 Å². The van der Waals surface area contributed by atoms with Gasteiger partial charge in [0, 0.05) is 13.1 Å². The predicted molar refractivity (Wildman–Crippen MR) is 154 cm³/mol. The fraction of sp³-hybridized carbons (Fsp3) is 0.394. The first-order valence-electron chi connectivity index (χ1n) is 14.3. The molecule has 0 spiro atoms. The average Bonchev–Trinajstić information content (AvgIpc) is 3.39. The Morgan fingerprint density at radius 3 is 2.44 bits per heavy atom. The molecule has 0 radical (unpaired) electrons. The summed E-state index contributed by atoms with van der Waals surface area (Å²) in [7, 11) is 0. The third kappa shape index (κ3) is 9.37. The molecule has 3 aromatic rings. The Morgan fingerprint density at radius 1 is 1.02 bits per heavy atom. The van der Waals surface area contributed by atoms with E-state index in [0.717, 1.165) is 42.6 Å². The van der Waals surface area contributed by atoms with Crippen LogP contribution in [0.25, 0.3) is 0 Å². The fourth-order valence-electron chi connectivity index (χ4n) is 5.17. The number of para-hydroxylation sites is 2. The van der Waals surface area contributed by atoms with Crippen molar-refractivity contribution in [3.05, 3.63) is 88.7 Å². The number of halogens is 4. The molecule has 0 saturated heterocycles. The van der Waals surface area contributed by atoms with Gasteiger partial charge in [0.05, 0.1) is 30.0 Å². The van der Waals surface area contributed by atoms with E-state index in [0.29, 0.717) is 43.0 Å². The van der Waals surface area contributed by atoms with Crippen molar-refractivity contribution in [3.63, 3.8) is 0 Å². The van der Waals surface area contributed by atoms with Gasteiger partial charge in [-0.2, -0.15) is 18.4 Å². The highest BCUT2D eigenvalue weighted by molar-refractivity contribution is 5.89. The van der Waals surface area contributed by atoms with Crippen LogP contribution in [0.15, 0.2) is 60.7 Å². The standard InChI is InChI=1S/C33H34F4N2O4/c1-23(6-4-16-41-29-7-2-3-8-30(29)43-22-33(35,36)37)18-24-19-26-13-15-39(31(26)27(20-24)21-38)14-5-17-42-32(40)25-9-11-28(34)12-10-25/h2-3,7-12,19-20,23H,4-6,13-18,22H2,1H3/t23-/m0/s1. The zero-order chi connectivity index (χ0) is 30.8. The monoisotopic (exact) mass is 598 g/mol. The molecule has 1 aliphatic heterocycles. The number of ether oxygens (including phenoxy) is 3. The molecule has 0 N–H and O–H groups in total. The maximum Gasteiger partial charge on any atom is 0.422 e. The van der Waals surface area contributed by atoms with Crippen molar-refractivity contribution in [1.29, 1.82) is 5.26 Å². The summed E-state index contributed by atoms with van der Waals surface area (Å²) in [5, 5.41) is 9.89. The summed E-state index contributed by atoms with van der Waals surface area (Å²) in [6.07, 6.45) is -0.667. The quantitative estimate of drug-likeness (QED) is 0.110. The molecule has 0 aliphatic carbocycles. The van der Waals surface area contributed by atoms with E-state index >= 15 is 0 Å². The first-order chi connectivity index (χ1) is 20.6. The lowest BCUT2D eigenvalue weighted by Gasteiger charge is -2.21. The van der Waals surface area contributed by atoms with Gasteiger partial charge in [0.1, 0.15) is 11.9 Å². The zero-order valence-corrected chi connectivity index (χ0v) is 24.0. The Hall–Kier alpha value is -4.26. The molecule has 228 valence electrons. The number of nitrogens with zero attached hydrogens (tertiary/aromatic N) is 2.